The molecule has 0 amide bonds. The van der Waals surface area contributed by atoms with Crippen LogP contribution in [0.25, 0.3) is 22.5 Å². The number of aromatic hydroxyl groups is 1. The minimum Gasteiger partial charge on any atom is -0.508 e. The molecule has 1 atom stereocenters. The van der Waals surface area contributed by atoms with Crippen LogP contribution in [-0.4, -0.2) is 15.1 Å². The lowest BCUT2D eigenvalue weighted by atomic mass is 10.0. The Balaban J connectivity index is 1.64. The second-order valence-corrected chi connectivity index (χ2v) is 6.34. The van der Waals surface area contributed by atoms with Gasteiger partial charge in [-0.3, -0.25) is 0 Å². The molecule has 1 N–H and O–H groups in total. The van der Waals surface area contributed by atoms with Gasteiger partial charge < -0.3 is 5.11 Å². The van der Waals surface area contributed by atoms with Gasteiger partial charge in [-0.2, -0.15) is 0 Å². The second-order valence-electron chi connectivity index (χ2n) is 6.34. The fourth-order valence-corrected chi connectivity index (χ4v) is 3.25. The zero-order valence-corrected chi connectivity index (χ0v) is 13.0. The first-order chi connectivity index (χ1) is 11.2. The van der Waals surface area contributed by atoms with Crippen LogP contribution in [0.2, 0.25) is 0 Å². The van der Waals surface area contributed by atoms with Crippen LogP contribution in [0.15, 0.2) is 54.9 Å². The number of aromatic nitrogens is 2. The molecule has 0 fully saturated rings. The van der Waals surface area contributed by atoms with Gasteiger partial charge in [-0.05, 0) is 59.7 Å². The quantitative estimate of drug-likeness (QED) is 0.769. The van der Waals surface area contributed by atoms with Gasteiger partial charge in [0.25, 0.3) is 0 Å². The van der Waals surface area contributed by atoms with Gasteiger partial charge in [0, 0.05) is 23.5 Å². The summed E-state index contributed by atoms with van der Waals surface area (Å²) in [6, 6.07) is 13.6. The highest BCUT2D eigenvalue weighted by molar-refractivity contribution is 5.65. The summed E-state index contributed by atoms with van der Waals surface area (Å²) >= 11 is 0. The van der Waals surface area contributed by atoms with E-state index in [0.29, 0.717) is 5.82 Å². The molecule has 23 heavy (non-hydrogen) atoms. The zero-order valence-electron chi connectivity index (χ0n) is 13.0. The van der Waals surface area contributed by atoms with E-state index in [-0.39, 0.29) is 5.75 Å². The summed E-state index contributed by atoms with van der Waals surface area (Å²) in [5.41, 5.74) is 6.04. The van der Waals surface area contributed by atoms with Gasteiger partial charge in [0.1, 0.15) is 5.75 Å². The number of benzene rings is 2. The monoisotopic (exact) mass is 302 g/mol. The molecule has 0 spiro atoms. The molecule has 3 heteroatoms. The molecular weight excluding hydrogens is 284 g/mol. The van der Waals surface area contributed by atoms with Crippen molar-refractivity contribution in [1.82, 2.24) is 9.97 Å². The van der Waals surface area contributed by atoms with Crippen LogP contribution in [-0.2, 0) is 12.8 Å². The number of hydrogen-bond donors (Lipinski definition) is 1. The summed E-state index contributed by atoms with van der Waals surface area (Å²) in [5.74, 6) is 1.66. The number of phenols is 1. The van der Waals surface area contributed by atoms with Crippen molar-refractivity contribution in [2.75, 3.05) is 0 Å². The molecule has 0 aliphatic heterocycles. The highest BCUT2D eigenvalue weighted by Crippen LogP contribution is 2.30. The molecule has 0 radical (unpaired) electrons. The minimum absolute atomic E-state index is 0.248. The predicted molar refractivity (Wildman–Crippen MR) is 91.1 cm³/mol. The standard InChI is InChI=1S/C20H18N2O/c1-13-8-15-2-3-16(10-17(15)9-13)18-11-21-20(22-12-18)14-4-6-19(23)7-5-14/h2-7,10-13,23H,8-9H2,1H3. The van der Waals surface area contributed by atoms with Gasteiger partial charge in [-0.15, -0.1) is 0 Å². The molecule has 114 valence electrons. The Kier molecular flexibility index (Phi) is 3.34. The topological polar surface area (TPSA) is 46.0 Å². The van der Waals surface area contributed by atoms with Crippen LogP contribution in [0.5, 0.6) is 5.75 Å². The van der Waals surface area contributed by atoms with Gasteiger partial charge in [0.05, 0.1) is 0 Å². The fraction of sp³-hybridized carbons (Fsp3) is 0.200. The summed E-state index contributed by atoms with van der Waals surface area (Å²) in [6.07, 6.45) is 6.09. The lowest BCUT2D eigenvalue weighted by molar-refractivity contribution is 0.475. The van der Waals surface area contributed by atoms with Gasteiger partial charge in [-0.1, -0.05) is 25.1 Å². The van der Waals surface area contributed by atoms with Crippen LogP contribution in [0.1, 0.15) is 18.1 Å². The van der Waals surface area contributed by atoms with Crippen molar-refractivity contribution in [2.45, 2.75) is 19.8 Å². The van der Waals surface area contributed by atoms with E-state index >= 15 is 0 Å². The molecule has 0 saturated carbocycles. The Morgan fingerprint density at radius 3 is 2.22 bits per heavy atom. The molecule has 3 nitrogen and oxygen atoms in total. The smallest absolute Gasteiger partial charge is 0.159 e. The summed E-state index contributed by atoms with van der Waals surface area (Å²) in [7, 11) is 0. The largest absolute Gasteiger partial charge is 0.508 e. The maximum Gasteiger partial charge on any atom is 0.159 e. The Morgan fingerprint density at radius 2 is 1.48 bits per heavy atom. The van der Waals surface area contributed by atoms with E-state index < -0.39 is 0 Å². The van der Waals surface area contributed by atoms with Gasteiger partial charge in [0.15, 0.2) is 5.82 Å². The van der Waals surface area contributed by atoms with Crippen molar-refractivity contribution in [3.63, 3.8) is 0 Å². The maximum absolute atomic E-state index is 9.35. The van der Waals surface area contributed by atoms with Crippen molar-refractivity contribution in [1.29, 1.82) is 0 Å². The molecule has 2 aromatic carbocycles. The van der Waals surface area contributed by atoms with Crippen LogP contribution in [0.3, 0.4) is 0 Å². The normalized spacial score (nSPS) is 16.3. The Hall–Kier alpha value is -2.68. The van der Waals surface area contributed by atoms with E-state index in [9.17, 15) is 5.11 Å². The lowest BCUT2D eigenvalue weighted by Crippen LogP contribution is -1.91. The number of nitrogens with zero attached hydrogens (tertiary/aromatic N) is 2. The molecule has 0 bridgehead atoms. The third kappa shape index (κ3) is 2.70. The average molecular weight is 302 g/mol. The predicted octanol–water partition coefficient (Wildman–Crippen LogP) is 4.25. The molecule has 1 aliphatic rings. The van der Waals surface area contributed by atoms with Crippen molar-refractivity contribution in [3.05, 3.63) is 66.0 Å². The molecule has 1 aliphatic carbocycles. The van der Waals surface area contributed by atoms with Crippen molar-refractivity contribution in [3.8, 4) is 28.3 Å². The van der Waals surface area contributed by atoms with Crippen LogP contribution in [0.4, 0.5) is 0 Å². The highest BCUT2D eigenvalue weighted by Gasteiger charge is 2.18. The Morgan fingerprint density at radius 1 is 0.826 bits per heavy atom. The minimum atomic E-state index is 0.248. The second kappa shape index (κ2) is 5.51. The molecule has 0 saturated heterocycles. The van der Waals surface area contributed by atoms with E-state index in [0.717, 1.165) is 23.5 Å². The SMILES string of the molecule is CC1Cc2ccc(-c3cnc(-c4ccc(O)cc4)nc3)cc2C1. The van der Waals surface area contributed by atoms with E-state index in [4.69, 9.17) is 0 Å². The molecule has 1 heterocycles. The van der Waals surface area contributed by atoms with Gasteiger partial charge >= 0.3 is 0 Å². The summed E-state index contributed by atoms with van der Waals surface area (Å²) in [6.45, 7) is 2.30. The van der Waals surface area contributed by atoms with Crippen molar-refractivity contribution < 1.29 is 5.11 Å². The molecular formula is C20H18N2O. The van der Waals surface area contributed by atoms with Crippen molar-refractivity contribution in [2.24, 2.45) is 5.92 Å². The zero-order chi connectivity index (χ0) is 15.8. The van der Waals surface area contributed by atoms with Gasteiger partial charge in [0.2, 0.25) is 0 Å². The molecule has 4 rings (SSSR count). The van der Waals surface area contributed by atoms with Gasteiger partial charge in [-0.25, -0.2) is 9.97 Å². The van der Waals surface area contributed by atoms with E-state index in [1.54, 1.807) is 12.1 Å². The molecule has 3 aromatic rings. The fourth-order valence-electron chi connectivity index (χ4n) is 3.25. The first-order valence-electron chi connectivity index (χ1n) is 7.92. The summed E-state index contributed by atoms with van der Waals surface area (Å²) < 4.78 is 0. The van der Waals surface area contributed by atoms with Crippen molar-refractivity contribution >= 4 is 0 Å². The average Bonchev–Trinajstić information content (AvgIpc) is 2.95. The molecule has 1 aromatic heterocycles. The molecule has 1 unspecified atom stereocenters. The highest BCUT2D eigenvalue weighted by atomic mass is 16.3. The number of hydrogen-bond acceptors (Lipinski definition) is 3. The third-order valence-corrected chi connectivity index (χ3v) is 4.45. The summed E-state index contributed by atoms with van der Waals surface area (Å²) in [4.78, 5) is 8.94. The lowest BCUT2D eigenvalue weighted by Gasteiger charge is -2.06. The van der Waals surface area contributed by atoms with Crippen LogP contribution < -0.4 is 0 Å². The van der Waals surface area contributed by atoms with E-state index in [1.165, 1.54) is 23.1 Å². The van der Waals surface area contributed by atoms with Crippen LogP contribution >= 0.6 is 0 Å². The first-order valence-corrected chi connectivity index (χ1v) is 7.92. The third-order valence-electron chi connectivity index (χ3n) is 4.45. The van der Waals surface area contributed by atoms with Crippen LogP contribution in [0, 0.1) is 5.92 Å². The number of rotatable bonds is 2. The summed E-state index contributed by atoms with van der Waals surface area (Å²) in [5, 5.41) is 9.35. The first kappa shape index (κ1) is 13.9. The van der Waals surface area contributed by atoms with E-state index in [1.807, 2.05) is 24.5 Å². The maximum atomic E-state index is 9.35. The number of phenolic OH excluding ortho intramolecular Hbond substituents is 1. The number of fused-ring (bicyclic) bond motifs is 1. The Labute approximate surface area is 135 Å². The van der Waals surface area contributed by atoms with E-state index in [2.05, 4.69) is 35.1 Å². The Bertz CT molecular complexity index is 839.